The molecule has 0 fully saturated rings. The van der Waals surface area contributed by atoms with Crippen molar-refractivity contribution in [3.05, 3.63) is 29.0 Å². The van der Waals surface area contributed by atoms with Crippen molar-refractivity contribution in [2.45, 2.75) is 38.5 Å². The average Bonchev–Trinajstić information content (AvgIpc) is 2.89. The lowest BCUT2D eigenvalue weighted by Gasteiger charge is -2.15. The minimum atomic E-state index is 0.488. The first-order valence-electron chi connectivity index (χ1n) is 6.36. The van der Waals surface area contributed by atoms with Crippen LogP contribution in [0.4, 0.5) is 0 Å². The maximum Gasteiger partial charge on any atom is 0.140 e. The monoisotopic (exact) mass is 264 g/mol. The van der Waals surface area contributed by atoms with Crippen LogP contribution in [0.25, 0.3) is 5.82 Å². The molecule has 0 aromatic carbocycles. The molecule has 0 unspecified atom stereocenters. The summed E-state index contributed by atoms with van der Waals surface area (Å²) in [6.45, 7) is 2.00. The lowest BCUT2D eigenvalue weighted by Crippen LogP contribution is -2.11. The Morgan fingerprint density at radius 1 is 1.33 bits per heavy atom. The van der Waals surface area contributed by atoms with Gasteiger partial charge in [-0.1, -0.05) is 0 Å². The molecule has 96 valence electrons. The molecule has 0 spiro atoms. The number of aromatic nitrogens is 4. The number of nitrogens with zero attached hydrogens (tertiary/aromatic N) is 4. The molecular formula is C13H17ClN4. The van der Waals surface area contributed by atoms with Gasteiger partial charge in [-0.3, -0.25) is 9.25 Å². The Balaban J connectivity index is 2.18. The molecule has 2 heterocycles. The highest BCUT2D eigenvalue weighted by atomic mass is 35.5. The zero-order valence-corrected chi connectivity index (χ0v) is 11.5. The molecule has 0 saturated carbocycles. The van der Waals surface area contributed by atoms with Crippen LogP contribution in [0.1, 0.15) is 35.5 Å². The Kier molecular flexibility index (Phi) is 2.90. The fourth-order valence-electron chi connectivity index (χ4n) is 2.80. The van der Waals surface area contributed by atoms with Gasteiger partial charge in [-0.25, -0.2) is 4.98 Å². The van der Waals surface area contributed by atoms with E-state index in [1.165, 1.54) is 24.2 Å². The van der Waals surface area contributed by atoms with E-state index in [1.54, 1.807) is 0 Å². The number of rotatable bonds is 2. The second kappa shape index (κ2) is 4.43. The molecule has 1 aliphatic rings. The Morgan fingerprint density at radius 3 is 2.89 bits per heavy atom. The van der Waals surface area contributed by atoms with Gasteiger partial charge in [0.15, 0.2) is 0 Å². The van der Waals surface area contributed by atoms with Crippen LogP contribution in [0.5, 0.6) is 0 Å². The van der Waals surface area contributed by atoms with Crippen molar-refractivity contribution in [3.8, 4) is 5.82 Å². The van der Waals surface area contributed by atoms with Crippen molar-refractivity contribution in [2.75, 3.05) is 0 Å². The van der Waals surface area contributed by atoms with E-state index in [4.69, 9.17) is 11.6 Å². The highest BCUT2D eigenvalue weighted by molar-refractivity contribution is 6.17. The van der Waals surface area contributed by atoms with Gasteiger partial charge in [-0.2, -0.15) is 5.10 Å². The van der Waals surface area contributed by atoms with Crippen LogP contribution < -0.4 is 0 Å². The number of halogens is 1. The fourth-order valence-corrected chi connectivity index (χ4v) is 3.11. The predicted octanol–water partition coefficient (Wildman–Crippen LogP) is 2.53. The van der Waals surface area contributed by atoms with Gasteiger partial charge in [-0.05, 0) is 32.6 Å². The average molecular weight is 265 g/mol. The zero-order valence-electron chi connectivity index (χ0n) is 10.8. The summed E-state index contributed by atoms with van der Waals surface area (Å²) in [5.74, 6) is 1.56. The quantitative estimate of drug-likeness (QED) is 0.782. The largest absolute Gasteiger partial charge is 0.287 e. The van der Waals surface area contributed by atoms with Crippen LogP contribution in [0.3, 0.4) is 0 Å². The van der Waals surface area contributed by atoms with Crippen molar-refractivity contribution in [3.63, 3.8) is 0 Å². The molecule has 0 radical (unpaired) electrons. The van der Waals surface area contributed by atoms with Gasteiger partial charge in [0.1, 0.15) is 12.1 Å². The van der Waals surface area contributed by atoms with Crippen LogP contribution in [0.2, 0.25) is 0 Å². The number of hydrogen-bond acceptors (Lipinski definition) is 2. The van der Waals surface area contributed by atoms with Crippen LogP contribution in [0, 0.1) is 6.92 Å². The summed E-state index contributed by atoms with van der Waals surface area (Å²) >= 11 is 6.06. The van der Waals surface area contributed by atoms with E-state index in [0.717, 1.165) is 29.9 Å². The fraction of sp³-hybridized carbons (Fsp3) is 0.538. The molecule has 1 aliphatic carbocycles. The second-order valence-electron chi connectivity index (χ2n) is 4.86. The first-order chi connectivity index (χ1) is 8.72. The molecule has 0 N–H and O–H groups in total. The predicted molar refractivity (Wildman–Crippen MR) is 71.3 cm³/mol. The van der Waals surface area contributed by atoms with E-state index in [0.29, 0.717) is 5.88 Å². The summed E-state index contributed by atoms with van der Waals surface area (Å²) in [5.41, 5.74) is 4.67. The van der Waals surface area contributed by atoms with E-state index in [-0.39, 0.29) is 0 Å². The summed E-state index contributed by atoms with van der Waals surface area (Å²) in [7, 11) is 1.97. The van der Waals surface area contributed by atoms with Gasteiger partial charge in [0.25, 0.3) is 0 Å². The van der Waals surface area contributed by atoms with E-state index >= 15 is 0 Å². The van der Waals surface area contributed by atoms with E-state index in [9.17, 15) is 0 Å². The van der Waals surface area contributed by atoms with Gasteiger partial charge in [0.05, 0.1) is 17.3 Å². The normalized spacial score (nSPS) is 14.8. The number of alkyl halides is 1. The number of aryl methyl sites for hydroxylation is 3. The third-order valence-corrected chi connectivity index (χ3v) is 3.97. The molecule has 2 aromatic heterocycles. The maximum absolute atomic E-state index is 6.06. The van der Waals surface area contributed by atoms with E-state index < -0.39 is 0 Å². The molecule has 2 aromatic rings. The zero-order chi connectivity index (χ0) is 12.7. The third-order valence-electron chi connectivity index (χ3n) is 3.71. The lowest BCUT2D eigenvalue weighted by atomic mass is 10.0. The third kappa shape index (κ3) is 1.67. The van der Waals surface area contributed by atoms with Crippen LogP contribution in [0.15, 0.2) is 6.33 Å². The molecule has 4 nitrogen and oxygen atoms in total. The van der Waals surface area contributed by atoms with E-state index in [2.05, 4.69) is 14.6 Å². The molecule has 0 bridgehead atoms. The van der Waals surface area contributed by atoms with Gasteiger partial charge >= 0.3 is 0 Å². The molecule has 0 saturated heterocycles. The van der Waals surface area contributed by atoms with Crippen molar-refractivity contribution in [1.29, 1.82) is 0 Å². The smallest absolute Gasteiger partial charge is 0.140 e. The molecule has 5 heteroatoms. The molecule has 0 amide bonds. The summed E-state index contributed by atoms with van der Waals surface area (Å²) in [4.78, 5) is 4.54. The standard InChI is InChI=1S/C13H17ClN4/c1-9-10(7-14)13(17(2)16-9)18-8-15-11-5-3-4-6-12(11)18/h8H,3-7H2,1-2H3. The molecule has 18 heavy (non-hydrogen) atoms. The second-order valence-corrected chi connectivity index (χ2v) is 5.13. The van der Waals surface area contributed by atoms with Crippen LogP contribution >= 0.6 is 11.6 Å². The highest BCUT2D eigenvalue weighted by Gasteiger charge is 2.21. The number of imidazole rings is 1. The Hall–Kier alpha value is -1.29. The molecule has 0 aliphatic heterocycles. The van der Waals surface area contributed by atoms with Gasteiger partial charge in [0.2, 0.25) is 0 Å². The minimum absolute atomic E-state index is 0.488. The number of fused-ring (bicyclic) bond motifs is 1. The van der Waals surface area contributed by atoms with Crippen molar-refractivity contribution in [1.82, 2.24) is 19.3 Å². The minimum Gasteiger partial charge on any atom is -0.287 e. The number of hydrogen-bond donors (Lipinski definition) is 0. The maximum atomic E-state index is 6.06. The molecule has 0 atom stereocenters. The summed E-state index contributed by atoms with van der Waals surface area (Å²) in [6.07, 6.45) is 6.60. The topological polar surface area (TPSA) is 35.6 Å². The molecular weight excluding hydrogens is 248 g/mol. The first kappa shape index (κ1) is 11.8. The van der Waals surface area contributed by atoms with Crippen LogP contribution in [-0.4, -0.2) is 19.3 Å². The van der Waals surface area contributed by atoms with Gasteiger partial charge < -0.3 is 0 Å². The Bertz CT molecular complexity index is 582. The lowest BCUT2D eigenvalue weighted by molar-refractivity contribution is 0.642. The summed E-state index contributed by atoms with van der Waals surface area (Å²) in [6, 6.07) is 0. The van der Waals surface area contributed by atoms with Crippen molar-refractivity contribution < 1.29 is 0 Å². The SMILES string of the molecule is Cc1nn(C)c(-n2cnc3c2CCCC3)c1CCl. The Morgan fingerprint density at radius 2 is 2.11 bits per heavy atom. The summed E-state index contributed by atoms with van der Waals surface area (Å²) in [5, 5.41) is 4.47. The van der Waals surface area contributed by atoms with Crippen LogP contribution in [-0.2, 0) is 25.8 Å². The van der Waals surface area contributed by atoms with Crippen molar-refractivity contribution in [2.24, 2.45) is 7.05 Å². The highest BCUT2D eigenvalue weighted by Crippen LogP contribution is 2.26. The first-order valence-corrected chi connectivity index (χ1v) is 6.89. The summed E-state index contributed by atoms with van der Waals surface area (Å²) < 4.78 is 4.08. The van der Waals surface area contributed by atoms with Gasteiger partial charge in [0, 0.05) is 18.3 Å². The molecule has 3 rings (SSSR count). The Labute approximate surface area is 112 Å². The van der Waals surface area contributed by atoms with E-state index in [1.807, 2.05) is 25.0 Å². The van der Waals surface area contributed by atoms with Gasteiger partial charge in [-0.15, -0.1) is 11.6 Å². The van der Waals surface area contributed by atoms with Crippen molar-refractivity contribution >= 4 is 11.6 Å².